The third-order valence-electron chi connectivity index (χ3n) is 2.83. The zero-order valence-electron chi connectivity index (χ0n) is 9.11. The van der Waals surface area contributed by atoms with E-state index < -0.39 is 0 Å². The van der Waals surface area contributed by atoms with E-state index >= 15 is 0 Å². The molecular formula is C11H18N2OS. The highest BCUT2D eigenvalue weighted by Gasteiger charge is 2.18. The summed E-state index contributed by atoms with van der Waals surface area (Å²) in [6, 6.07) is 2.38. The summed E-state index contributed by atoms with van der Waals surface area (Å²) in [4.78, 5) is 3.73. The molecule has 3 nitrogen and oxygen atoms in total. The average molecular weight is 226 g/mol. The SMILES string of the molecule is COc1ccsc1CN1CCCC(N)C1. The summed E-state index contributed by atoms with van der Waals surface area (Å²) in [6.07, 6.45) is 2.38. The van der Waals surface area contributed by atoms with Crippen LogP contribution in [0.5, 0.6) is 5.75 Å². The van der Waals surface area contributed by atoms with Crippen molar-refractivity contribution in [3.8, 4) is 5.75 Å². The van der Waals surface area contributed by atoms with Crippen molar-refractivity contribution in [2.75, 3.05) is 20.2 Å². The lowest BCUT2D eigenvalue weighted by Gasteiger charge is -2.30. The van der Waals surface area contributed by atoms with Gasteiger partial charge >= 0.3 is 0 Å². The van der Waals surface area contributed by atoms with Gasteiger partial charge in [0.2, 0.25) is 0 Å². The fourth-order valence-corrected chi connectivity index (χ4v) is 2.94. The standard InChI is InChI=1S/C11H18N2OS/c1-14-10-4-6-15-11(10)8-13-5-2-3-9(12)7-13/h4,6,9H,2-3,5,7-8,12H2,1H3. The van der Waals surface area contributed by atoms with Crippen molar-refractivity contribution in [3.63, 3.8) is 0 Å². The number of methoxy groups -OCH3 is 1. The molecule has 84 valence electrons. The summed E-state index contributed by atoms with van der Waals surface area (Å²) >= 11 is 1.76. The summed E-state index contributed by atoms with van der Waals surface area (Å²) in [6.45, 7) is 3.16. The van der Waals surface area contributed by atoms with Gasteiger partial charge in [-0.1, -0.05) is 0 Å². The van der Waals surface area contributed by atoms with E-state index in [2.05, 4.69) is 10.3 Å². The lowest BCUT2D eigenvalue weighted by atomic mass is 10.1. The molecule has 0 spiro atoms. The summed E-state index contributed by atoms with van der Waals surface area (Å²) in [5, 5.41) is 2.08. The first-order chi connectivity index (χ1) is 7.29. The second kappa shape index (κ2) is 4.96. The minimum absolute atomic E-state index is 0.352. The van der Waals surface area contributed by atoms with Gasteiger partial charge in [-0.15, -0.1) is 11.3 Å². The molecule has 4 heteroatoms. The molecule has 0 bridgehead atoms. The molecule has 1 aliphatic heterocycles. The molecule has 2 N–H and O–H groups in total. The van der Waals surface area contributed by atoms with Gasteiger partial charge in [0, 0.05) is 19.1 Å². The van der Waals surface area contributed by atoms with Crippen molar-refractivity contribution in [2.45, 2.75) is 25.4 Å². The second-order valence-corrected chi connectivity index (χ2v) is 5.05. The summed E-state index contributed by atoms with van der Waals surface area (Å²) in [5.41, 5.74) is 5.96. The van der Waals surface area contributed by atoms with E-state index in [1.807, 2.05) is 6.07 Å². The van der Waals surface area contributed by atoms with Crippen LogP contribution in [0.15, 0.2) is 11.4 Å². The molecule has 2 heterocycles. The van der Waals surface area contributed by atoms with Gasteiger partial charge in [0.05, 0.1) is 12.0 Å². The van der Waals surface area contributed by atoms with Crippen molar-refractivity contribution in [1.29, 1.82) is 0 Å². The van der Waals surface area contributed by atoms with E-state index in [4.69, 9.17) is 10.5 Å². The van der Waals surface area contributed by atoms with Crippen molar-refractivity contribution >= 4 is 11.3 Å². The van der Waals surface area contributed by atoms with E-state index in [0.29, 0.717) is 6.04 Å². The summed E-state index contributed by atoms with van der Waals surface area (Å²) < 4.78 is 5.31. The minimum atomic E-state index is 0.352. The zero-order valence-corrected chi connectivity index (χ0v) is 9.93. The summed E-state index contributed by atoms with van der Waals surface area (Å²) in [5.74, 6) is 1.01. The van der Waals surface area contributed by atoms with Gasteiger partial charge in [-0.25, -0.2) is 0 Å². The van der Waals surface area contributed by atoms with E-state index in [1.165, 1.54) is 11.3 Å². The number of rotatable bonds is 3. The Balaban J connectivity index is 1.96. The molecule has 1 aliphatic rings. The first kappa shape index (κ1) is 10.9. The van der Waals surface area contributed by atoms with Gasteiger partial charge in [-0.05, 0) is 30.8 Å². The molecule has 1 aromatic heterocycles. The Morgan fingerprint density at radius 2 is 2.53 bits per heavy atom. The summed E-state index contributed by atoms with van der Waals surface area (Å²) in [7, 11) is 1.73. The molecular weight excluding hydrogens is 208 g/mol. The van der Waals surface area contributed by atoms with Gasteiger partial charge in [0.1, 0.15) is 5.75 Å². The molecule has 0 radical (unpaired) electrons. The van der Waals surface area contributed by atoms with Crippen molar-refractivity contribution in [3.05, 3.63) is 16.3 Å². The minimum Gasteiger partial charge on any atom is -0.496 e. The van der Waals surface area contributed by atoms with Gasteiger partial charge in [-0.3, -0.25) is 4.90 Å². The number of piperidine rings is 1. The van der Waals surface area contributed by atoms with Crippen LogP contribution in [0.4, 0.5) is 0 Å². The second-order valence-electron chi connectivity index (χ2n) is 4.05. The van der Waals surface area contributed by atoms with Crippen LogP contribution >= 0.6 is 11.3 Å². The number of nitrogens with two attached hydrogens (primary N) is 1. The lowest BCUT2D eigenvalue weighted by molar-refractivity contribution is 0.201. The predicted octanol–water partition coefficient (Wildman–Crippen LogP) is 1.68. The van der Waals surface area contributed by atoms with Crippen molar-refractivity contribution in [1.82, 2.24) is 4.90 Å². The van der Waals surface area contributed by atoms with Crippen molar-refractivity contribution in [2.24, 2.45) is 5.73 Å². The number of thiophene rings is 1. The first-order valence-electron chi connectivity index (χ1n) is 5.38. The third-order valence-corrected chi connectivity index (χ3v) is 3.72. The predicted molar refractivity (Wildman–Crippen MR) is 63.4 cm³/mol. The van der Waals surface area contributed by atoms with Gasteiger partial charge in [0.15, 0.2) is 0 Å². The molecule has 0 amide bonds. The lowest BCUT2D eigenvalue weighted by Crippen LogP contribution is -2.42. The molecule has 1 unspecified atom stereocenters. The van der Waals surface area contributed by atoms with Gasteiger partial charge in [-0.2, -0.15) is 0 Å². The number of ether oxygens (including phenoxy) is 1. The van der Waals surface area contributed by atoms with Crippen LogP contribution in [0.2, 0.25) is 0 Å². The van der Waals surface area contributed by atoms with Gasteiger partial charge < -0.3 is 10.5 Å². The Kier molecular flexibility index (Phi) is 3.61. The van der Waals surface area contributed by atoms with E-state index in [1.54, 1.807) is 18.4 Å². The molecule has 1 saturated heterocycles. The van der Waals surface area contributed by atoms with Crippen LogP contribution in [-0.2, 0) is 6.54 Å². The molecule has 0 aromatic carbocycles. The third kappa shape index (κ3) is 2.71. The number of nitrogens with zero attached hydrogens (tertiary/aromatic N) is 1. The Morgan fingerprint density at radius 1 is 1.67 bits per heavy atom. The smallest absolute Gasteiger partial charge is 0.134 e. The molecule has 1 aromatic rings. The maximum Gasteiger partial charge on any atom is 0.134 e. The zero-order chi connectivity index (χ0) is 10.7. The molecule has 1 atom stereocenters. The highest BCUT2D eigenvalue weighted by atomic mass is 32.1. The van der Waals surface area contributed by atoms with E-state index in [-0.39, 0.29) is 0 Å². The monoisotopic (exact) mass is 226 g/mol. The van der Waals surface area contributed by atoms with Crippen LogP contribution in [0, 0.1) is 0 Å². The normalized spacial score (nSPS) is 22.9. The average Bonchev–Trinajstić information content (AvgIpc) is 2.65. The Bertz CT molecular complexity index is 313. The van der Waals surface area contributed by atoms with Crippen LogP contribution in [0.3, 0.4) is 0 Å². The van der Waals surface area contributed by atoms with E-state index in [9.17, 15) is 0 Å². The number of hydrogen-bond acceptors (Lipinski definition) is 4. The molecule has 2 rings (SSSR count). The van der Waals surface area contributed by atoms with Crippen LogP contribution in [-0.4, -0.2) is 31.1 Å². The maximum absolute atomic E-state index is 5.96. The quantitative estimate of drug-likeness (QED) is 0.852. The highest BCUT2D eigenvalue weighted by molar-refractivity contribution is 7.10. The van der Waals surface area contributed by atoms with Crippen LogP contribution < -0.4 is 10.5 Å². The number of hydrogen-bond donors (Lipinski definition) is 1. The molecule has 0 saturated carbocycles. The van der Waals surface area contributed by atoms with Crippen molar-refractivity contribution < 1.29 is 4.74 Å². The van der Waals surface area contributed by atoms with E-state index in [0.717, 1.165) is 31.8 Å². The fourth-order valence-electron chi connectivity index (χ4n) is 2.06. The largest absolute Gasteiger partial charge is 0.496 e. The molecule has 0 aliphatic carbocycles. The van der Waals surface area contributed by atoms with Crippen LogP contribution in [0.25, 0.3) is 0 Å². The maximum atomic E-state index is 5.96. The van der Waals surface area contributed by atoms with Gasteiger partial charge in [0.25, 0.3) is 0 Å². The first-order valence-corrected chi connectivity index (χ1v) is 6.26. The highest BCUT2D eigenvalue weighted by Crippen LogP contribution is 2.26. The molecule has 15 heavy (non-hydrogen) atoms. The topological polar surface area (TPSA) is 38.5 Å². The van der Waals surface area contributed by atoms with Crippen LogP contribution in [0.1, 0.15) is 17.7 Å². The Labute approximate surface area is 94.8 Å². The fraction of sp³-hybridized carbons (Fsp3) is 0.636. The molecule has 1 fully saturated rings. The Hall–Kier alpha value is -0.580. The Morgan fingerprint density at radius 3 is 3.27 bits per heavy atom. The number of likely N-dealkylation sites (tertiary alicyclic amines) is 1.